The Bertz CT molecular complexity index is 970. The second-order valence-corrected chi connectivity index (χ2v) is 7.42. The second kappa shape index (κ2) is 9.26. The van der Waals surface area contributed by atoms with Crippen molar-refractivity contribution in [2.24, 2.45) is 0 Å². The lowest BCUT2D eigenvalue weighted by Crippen LogP contribution is -2.25. The topological polar surface area (TPSA) is 67.9 Å². The van der Waals surface area contributed by atoms with Crippen LogP contribution in [-0.2, 0) is 19.5 Å². The van der Waals surface area contributed by atoms with Crippen LogP contribution in [0.3, 0.4) is 0 Å². The van der Waals surface area contributed by atoms with Crippen LogP contribution in [0.2, 0.25) is 5.15 Å². The number of hydrogen-bond acceptors (Lipinski definition) is 4. The van der Waals surface area contributed by atoms with Crippen LogP contribution in [0.5, 0.6) is 0 Å². The molecule has 1 atom stereocenters. The van der Waals surface area contributed by atoms with Crippen molar-refractivity contribution in [1.29, 1.82) is 0 Å². The van der Waals surface area contributed by atoms with Gasteiger partial charge in [-0.3, -0.25) is 4.68 Å². The van der Waals surface area contributed by atoms with Crippen molar-refractivity contribution in [3.8, 4) is 5.69 Å². The number of aryl methyl sites for hydroxylation is 1. The van der Waals surface area contributed by atoms with Crippen LogP contribution in [0.15, 0.2) is 30.5 Å². The molecule has 4 rings (SSSR count). The number of hydrogen-bond donors (Lipinski definition) is 2. The summed E-state index contributed by atoms with van der Waals surface area (Å²) in [5, 5.41) is 22.3. The molecule has 0 fully saturated rings. The van der Waals surface area contributed by atoms with E-state index < -0.39 is 0 Å². The van der Waals surface area contributed by atoms with Crippen molar-refractivity contribution < 1.29 is 9.50 Å². The normalized spacial score (nSPS) is 15.8. The average Bonchev–Trinajstić information content (AvgIpc) is 3.23. The van der Waals surface area contributed by atoms with Gasteiger partial charge in [-0.25, -0.2) is 9.07 Å². The van der Waals surface area contributed by atoms with Gasteiger partial charge in [0.2, 0.25) is 0 Å². The third kappa shape index (κ3) is 4.33. The molecule has 0 saturated heterocycles. The van der Waals surface area contributed by atoms with Gasteiger partial charge in [0.05, 0.1) is 30.7 Å². The Morgan fingerprint density at radius 1 is 1.31 bits per heavy atom. The van der Waals surface area contributed by atoms with Crippen molar-refractivity contribution in [1.82, 2.24) is 24.9 Å². The molecule has 0 amide bonds. The summed E-state index contributed by atoms with van der Waals surface area (Å²) in [4.78, 5) is 0. The summed E-state index contributed by atoms with van der Waals surface area (Å²) in [6, 6.07) is 6.31. The SMILES string of the molecule is Cc1nn(-c2ccc(F)cc2)c(Cl)c1CNC1CCCc2c1cnn2CCO.Cl. The summed E-state index contributed by atoms with van der Waals surface area (Å²) < 4.78 is 16.7. The van der Waals surface area contributed by atoms with E-state index in [2.05, 4.69) is 15.5 Å². The minimum atomic E-state index is -0.291. The molecule has 0 aliphatic heterocycles. The number of nitrogens with zero attached hydrogens (tertiary/aromatic N) is 4. The molecule has 1 aliphatic rings. The molecule has 0 spiro atoms. The maximum atomic E-state index is 13.2. The Kier molecular flexibility index (Phi) is 6.95. The van der Waals surface area contributed by atoms with Crippen molar-refractivity contribution in [3.63, 3.8) is 0 Å². The Balaban J connectivity index is 0.00000240. The smallest absolute Gasteiger partial charge is 0.137 e. The molecule has 6 nitrogen and oxygen atoms in total. The summed E-state index contributed by atoms with van der Waals surface area (Å²) in [7, 11) is 0. The van der Waals surface area contributed by atoms with Crippen LogP contribution >= 0.6 is 24.0 Å². The molecule has 156 valence electrons. The fourth-order valence-electron chi connectivity index (χ4n) is 3.83. The van der Waals surface area contributed by atoms with Crippen LogP contribution in [0.4, 0.5) is 4.39 Å². The molecule has 2 N–H and O–H groups in total. The number of halogens is 3. The maximum Gasteiger partial charge on any atom is 0.137 e. The fourth-order valence-corrected chi connectivity index (χ4v) is 4.17. The molecular formula is C20H24Cl2FN5O. The van der Waals surface area contributed by atoms with E-state index in [1.54, 1.807) is 16.8 Å². The van der Waals surface area contributed by atoms with Gasteiger partial charge in [0, 0.05) is 29.4 Å². The number of rotatable bonds is 6. The molecule has 2 aromatic heterocycles. The van der Waals surface area contributed by atoms with Crippen molar-refractivity contribution in [2.45, 2.75) is 45.3 Å². The van der Waals surface area contributed by atoms with Crippen molar-refractivity contribution >= 4 is 24.0 Å². The molecule has 1 unspecified atom stereocenters. The Labute approximate surface area is 180 Å². The van der Waals surface area contributed by atoms with Crippen LogP contribution in [-0.4, -0.2) is 31.3 Å². The highest BCUT2D eigenvalue weighted by atomic mass is 35.5. The lowest BCUT2D eigenvalue weighted by Gasteiger charge is -2.24. The highest BCUT2D eigenvalue weighted by molar-refractivity contribution is 6.30. The highest BCUT2D eigenvalue weighted by Gasteiger charge is 2.25. The van der Waals surface area contributed by atoms with Crippen LogP contribution in [0.25, 0.3) is 5.69 Å². The van der Waals surface area contributed by atoms with E-state index in [0.29, 0.717) is 18.2 Å². The standard InChI is InChI=1S/C20H23ClFN5O.ClH/c1-13-16(20(21)27(25-13)15-7-5-14(22)6-8-15)11-23-18-3-2-4-19-17(18)12-24-26(19)9-10-28;/h5-8,12,18,23,28H,2-4,9-11H2,1H3;1H. The Morgan fingerprint density at radius 3 is 2.79 bits per heavy atom. The highest BCUT2D eigenvalue weighted by Crippen LogP contribution is 2.31. The van der Waals surface area contributed by atoms with E-state index in [-0.39, 0.29) is 30.9 Å². The summed E-state index contributed by atoms with van der Waals surface area (Å²) in [6.07, 6.45) is 4.98. The number of nitrogens with one attached hydrogen (secondary N) is 1. The van der Waals surface area contributed by atoms with Gasteiger partial charge in [0.1, 0.15) is 11.0 Å². The van der Waals surface area contributed by atoms with E-state index >= 15 is 0 Å². The maximum absolute atomic E-state index is 13.2. The van der Waals surface area contributed by atoms with Crippen molar-refractivity contribution in [3.05, 3.63) is 63.9 Å². The van der Waals surface area contributed by atoms with E-state index in [1.807, 2.05) is 17.8 Å². The molecular weight excluding hydrogens is 416 g/mol. The molecule has 1 aromatic carbocycles. The molecule has 29 heavy (non-hydrogen) atoms. The molecule has 0 radical (unpaired) electrons. The minimum absolute atomic E-state index is 0. The number of benzene rings is 1. The van der Waals surface area contributed by atoms with Crippen LogP contribution in [0.1, 0.15) is 41.4 Å². The van der Waals surface area contributed by atoms with Gasteiger partial charge in [-0.2, -0.15) is 10.2 Å². The number of aliphatic hydroxyl groups is 1. The molecule has 2 heterocycles. The zero-order valence-corrected chi connectivity index (χ0v) is 17.7. The zero-order valence-electron chi connectivity index (χ0n) is 16.1. The monoisotopic (exact) mass is 439 g/mol. The lowest BCUT2D eigenvalue weighted by molar-refractivity contribution is 0.266. The molecule has 3 aromatic rings. The second-order valence-electron chi connectivity index (χ2n) is 7.06. The Hall–Kier alpha value is -1.93. The van der Waals surface area contributed by atoms with Gasteiger partial charge >= 0.3 is 0 Å². The van der Waals surface area contributed by atoms with Gasteiger partial charge in [-0.15, -0.1) is 12.4 Å². The van der Waals surface area contributed by atoms with Gasteiger partial charge in [-0.1, -0.05) is 11.6 Å². The molecule has 1 aliphatic carbocycles. The Morgan fingerprint density at radius 2 is 2.07 bits per heavy atom. The van der Waals surface area contributed by atoms with Crippen LogP contribution < -0.4 is 5.32 Å². The van der Waals surface area contributed by atoms with Gasteiger partial charge < -0.3 is 10.4 Å². The first-order valence-electron chi connectivity index (χ1n) is 9.47. The number of aliphatic hydroxyl groups excluding tert-OH is 1. The molecule has 0 bridgehead atoms. The third-order valence-electron chi connectivity index (χ3n) is 5.29. The molecule has 0 saturated carbocycles. The van der Waals surface area contributed by atoms with Gasteiger partial charge in [0.15, 0.2) is 0 Å². The van der Waals surface area contributed by atoms with E-state index in [9.17, 15) is 9.50 Å². The van der Waals surface area contributed by atoms with Gasteiger partial charge in [-0.05, 0) is 50.5 Å². The quantitative estimate of drug-likeness (QED) is 0.613. The van der Waals surface area contributed by atoms with Gasteiger partial charge in [0.25, 0.3) is 0 Å². The average molecular weight is 440 g/mol. The predicted octanol–water partition coefficient (Wildman–Crippen LogP) is 3.75. The summed E-state index contributed by atoms with van der Waals surface area (Å²) >= 11 is 6.59. The fraction of sp³-hybridized carbons (Fsp3) is 0.400. The number of fused-ring (bicyclic) bond motifs is 1. The molecule has 9 heteroatoms. The van der Waals surface area contributed by atoms with Crippen LogP contribution in [0, 0.1) is 12.7 Å². The third-order valence-corrected chi connectivity index (χ3v) is 5.68. The lowest BCUT2D eigenvalue weighted by atomic mass is 9.93. The minimum Gasteiger partial charge on any atom is -0.394 e. The first-order chi connectivity index (χ1) is 13.6. The summed E-state index contributed by atoms with van der Waals surface area (Å²) in [6.45, 7) is 3.12. The first kappa shape index (κ1) is 21.8. The van der Waals surface area contributed by atoms with E-state index in [4.69, 9.17) is 11.6 Å². The zero-order chi connectivity index (χ0) is 19.7. The van der Waals surface area contributed by atoms with E-state index in [1.165, 1.54) is 23.4 Å². The summed E-state index contributed by atoms with van der Waals surface area (Å²) in [5.74, 6) is -0.291. The predicted molar refractivity (Wildman–Crippen MR) is 112 cm³/mol. The summed E-state index contributed by atoms with van der Waals surface area (Å²) in [5.41, 5.74) is 4.89. The largest absolute Gasteiger partial charge is 0.394 e. The number of aromatic nitrogens is 4. The van der Waals surface area contributed by atoms with Crippen molar-refractivity contribution in [2.75, 3.05) is 6.61 Å². The first-order valence-corrected chi connectivity index (χ1v) is 9.85. The van der Waals surface area contributed by atoms with E-state index in [0.717, 1.165) is 36.2 Å².